The maximum Gasteiger partial charge on any atom is 0.297 e. The highest BCUT2D eigenvalue weighted by molar-refractivity contribution is 7.86. The van der Waals surface area contributed by atoms with Gasteiger partial charge in [-0.2, -0.15) is 8.42 Å². The lowest BCUT2D eigenvalue weighted by molar-refractivity contribution is 0.304. The highest BCUT2D eigenvalue weighted by Gasteiger charge is 2.15. The predicted molar refractivity (Wildman–Crippen MR) is 81.5 cm³/mol. The van der Waals surface area contributed by atoms with Gasteiger partial charge in [0.2, 0.25) is 0 Å². The van der Waals surface area contributed by atoms with E-state index in [1.54, 1.807) is 24.3 Å². The van der Waals surface area contributed by atoms with Crippen LogP contribution in [0.3, 0.4) is 0 Å². The number of fused-ring (bicyclic) bond motifs is 1. The molecule has 0 bridgehead atoms. The second-order valence-corrected chi connectivity index (χ2v) is 6.53. The molecular weight excluding hydrogens is 286 g/mol. The van der Waals surface area contributed by atoms with Crippen molar-refractivity contribution in [3.05, 3.63) is 65.9 Å². The number of aromatic nitrogens is 1. The van der Waals surface area contributed by atoms with Gasteiger partial charge in [-0.1, -0.05) is 35.9 Å². The molecule has 21 heavy (non-hydrogen) atoms. The van der Waals surface area contributed by atoms with Gasteiger partial charge in [0.05, 0.1) is 4.90 Å². The van der Waals surface area contributed by atoms with Crippen LogP contribution in [0, 0.1) is 6.92 Å². The number of nitrogens with one attached hydrogen (secondary N) is 1. The van der Waals surface area contributed by atoms with Gasteiger partial charge < -0.3 is 4.98 Å². The minimum Gasteiger partial charge on any atom is -0.356 e. The van der Waals surface area contributed by atoms with Gasteiger partial charge in [-0.05, 0) is 36.6 Å². The van der Waals surface area contributed by atoms with E-state index in [1.807, 2.05) is 37.3 Å². The Bertz CT molecular complexity index is 831. The third kappa shape index (κ3) is 2.99. The summed E-state index contributed by atoms with van der Waals surface area (Å²) in [5.74, 6) is 0. The van der Waals surface area contributed by atoms with E-state index in [-0.39, 0.29) is 11.5 Å². The molecule has 0 aliphatic carbocycles. The number of H-pyrrole nitrogens is 1. The molecule has 0 unspecified atom stereocenters. The smallest absolute Gasteiger partial charge is 0.297 e. The first-order valence-electron chi connectivity index (χ1n) is 6.57. The lowest BCUT2D eigenvalue weighted by Crippen LogP contribution is -2.06. The molecule has 5 heteroatoms. The van der Waals surface area contributed by atoms with Crippen LogP contribution in [0.5, 0.6) is 0 Å². The first kappa shape index (κ1) is 13.9. The third-order valence-corrected chi connectivity index (χ3v) is 4.54. The van der Waals surface area contributed by atoms with E-state index in [1.165, 1.54) is 0 Å². The lowest BCUT2D eigenvalue weighted by Gasteiger charge is -2.04. The fourth-order valence-electron chi connectivity index (χ4n) is 2.13. The molecule has 1 aromatic heterocycles. The van der Waals surface area contributed by atoms with E-state index in [9.17, 15) is 8.42 Å². The second kappa shape index (κ2) is 5.35. The topological polar surface area (TPSA) is 59.2 Å². The van der Waals surface area contributed by atoms with Crippen LogP contribution in [0.4, 0.5) is 0 Å². The summed E-state index contributed by atoms with van der Waals surface area (Å²) in [7, 11) is -3.73. The molecule has 0 radical (unpaired) electrons. The summed E-state index contributed by atoms with van der Waals surface area (Å²) < 4.78 is 29.3. The van der Waals surface area contributed by atoms with Gasteiger partial charge in [-0.15, -0.1) is 0 Å². The highest BCUT2D eigenvalue weighted by Crippen LogP contribution is 2.18. The molecule has 4 nitrogen and oxygen atoms in total. The molecule has 0 saturated heterocycles. The maximum absolute atomic E-state index is 12.1. The Morgan fingerprint density at radius 1 is 1.05 bits per heavy atom. The Balaban J connectivity index is 1.78. The number of aromatic amines is 1. The van der Waals surface area contributed by atoms with Crippen LogP contribution in [0.25, 0.3) is 10.9 Å². The zero-order chi connectivity index (χ0) is 14.9. The fraction of sp³-hybridized carbons (Fsp3) is 0.125. The predicted octanol–water partition coefficient (Wildman–Crippen LogP) is 3.38. The van der Waals surface area contributed by atoms with Crippen molar-refractivity contribution >= 4 is 21.0 Å². The Morgan fingerprint density at radius 3 is 2.48 bits per heavy atom. The van der Waals surface area contributed by atoms with Crippen molar-refractivity contribution in [3.8, 4) is 0 Å². The van der Waals surface area contributed by atoms with Crippen molar-refractivity contribution in [2.24, 2.45) is 0 Å². The van der Waals surface area contributed by atoms with E-state index in [0.717, 1.165) is 22.2 Å². The van der Waals surface area contributed by atoms with E-state index < -0.39 is 10.1 Å². The van der Waals surface area contributed by atoms with E-state index in [4.69, 9.17) is 4.18 Å². The number of hydrogen-bond acceptors (Lipinski definition) is 3. The Hall–Kier alpha value is -2.11. The molecule has 3 aromatic rings. The number of hydrogen-bond donors (Lipinski definition) is 1. The summed E-state index contributed by atoms with van der Waals surface area (Å²) in [5, 5.41) is 1.03. The highest BCUT2D eigenvalue weighted by atomic mass is 32.2. The number of aryl methyl sites for hydroxylation is 1. The van der Waals surface area contributed by atoms with Crippen molar-refractivity contribution in [1.82, 2.24) is 4.98 Å². The Kier molecular flexibility index (Phi) is 3.53. The van der Waals surface area contributed by atoms with E-state index in [0.29, 0.717) is 0 Å². The normalized spacial score (nSPS) is 11.9. The van der Waals surface area contributed by atoms with E-state index in [2.05, 4.69) is 4.98 Å². The third-order valence-electron chi connectivity index (χ3n) is 3.26. The molecule has 2 aromatic carbocycles. The monoisotopic (exact) mass is 301 g/mol. The average molecular weight is 301 g/mol. The molecule has 0 saturated carbocycles. The number of benzene rings is 2. The van der Waals surface area contributed by atoms with Crippen LogP contribution in [0.2, 0.25) is 0 Å². The Labute approximate surface area is 123 Å². The zero-order valence-electron chi connectivity index (χ0n) is 11.5. The summed E-state index contributed by atoms with van der Waals surface area (Å²) in [5.41, 5.74) is 2.69. The lowest BCUT2D eigenvalue weighted by atomic mass is 10.2. The standard InChI is InChI=1S/C16H15NO3S/c1-12-6-8-15(9-7-12)21(18,19)20-11-14-10-13-4-2-3-5-16(13)17-14/h2-10,17H,11H2,1H3. The fourth-order valence-corrected chi connectivity index (χ4v) is 3.01. The van der Waals surface area contributed by atoms with Crippen LogP contribution in [-0.2, 0) is 20.9 Å². The van der Waals surface area contributed by atoms with Crippen molar-refractivity contribution in [2.75, 3.05) is 0 Å². The molecule has 1 heterocycles. The summed E-state index contributed by atoms with van der Waals surface area (Å²) in [6.07, 6.45) is 0. The van der Waals surface area contributed by atoms with Gasteiger partial charge in [-0.25, -0.2) is 0 Å². The van der Waals surface area contributed by atoms with Gasteiger partial charge in [-0.3, -0.25) is 4.18 Å². The first-order valence-corrected chi connectivity index (χ1v) is 7.98. The first-order chi connectivity index (χ1) is 10.0. The molecule has 0 aliphatic rings. The maximum atomic E-state index is 12.1. The van der Waals surface area contributed by atoms with Crippen molar-refractivity contribution in [3.63, 3.8) is 0 Å². The number of rotatable bonds is 4. The van der Waals surface area contributed by atoms with Crippen molar-refractivity contribution < 1.29 is 12.6 Å². The van der Waals surface area contributed by atoms with Gasteiger partial charge in [0.1, 0.15) is 6.61 Å². The van der Waals surface area contributed by atoms with Gasteiger partial charge in [0.15, 0.2) is 0 Å². The largest absolute Gasteiger partial charge is 0.356 e. The summed E-state index contributed by atoms with van der Waals surface area (Å²) in [6.45, 7) is 1.90. The molecule has 3 rings (SSSR count). The molecule has 0 aliphatic heterocycles. The second-order valence-electron chi connectivity index (χ2n) is 4.91. The zero-order valence-corrected chi connectivity index (χ0v) is 12.4. The van der Waals surface area contributed by atoms with Gasteiger partial charge in [0, 0.05) is 11.2 Å². The number of para-hydroxylation sites is 1. The molecule has 0 spiro atoms. The van der Waals surface area contributed by atoms with Gasteiger partial charge in [0.25, 0.3) is 10.1 Å². The van der Waals surface area contributed by atoms with E-state index >= 15 is 0 Å². The quantitative estimate of drug-likeness (QED) is 0.751. The Morgan fingerprint density at radius 2 is 1.76 bits per heavy atom. The van der Waals surface area contributed by atoms with Crippen LogP contribution in [-0.4, -0.2) is 13.4 Å². The van der Waals surface area contributed by atoms with Crippen LogP contribution in [0.1, 0.15) is 11.3 Å². The minimum absolute atomic E-state index is 0.00904. The van der Waals surface area contributed by atoms with Crippen molar-refractivity contribution in [2.45, 2.75) is 18.4 Å². The van der Waals surface area contributed by atoms with Gasteiger partial charge >= 0.3 is 0 Å². The van der Waals surface area contributed by atoms with Crippen LogP contribution in [0.15, 0.2) is 59.5 Å². The summed E-state index contributed by atoms with van der Waals surface area (Å²) >= 11 is 0. The summed E-state index contributed by atoms with van der Waals surface area (Å²) in [6, 6.07) is 16.2. The average Bonchev–Trinajstić information content (AvgIpc) is 2.89. The summed E-state index contributed by atoms with van der Waals surface area (Å²) in [4.78, 5) is 3.31. The molecule has 1 N–H and O–H groups in total. The molecule has 108 valence electrons. The van der Waals surface area contributed by atoms with Crippen LogP contribution < -0.4 is 0 Å². The van der Waals surface area contributed by atoms with Crippen molar-refractivity contribution in [1.29, 1.82) is 0 Å². The van der Waals surface area contributed by atoms with Crippen LogP contribution >= 0.6 is 0 Å². The molecule has 0 atom stereocenters. The molecule has 0 amide bonds. The molecular formula is C16H15NO3S. The minimum atomic E-state index is -3.73. The molecule has 0 fully saturated rings. The SMILES string of the molecule is Cc1ccc(S(=O)(=O)OCc2cc3ccccc3[nH]2)cc1.